The Bertz CT molecular complexity index is 264. The number of carbonyl (C=O) groups is 1. The van der Waals surface area contributed by atoms with Gasteiger partial charge in [-0.05, 0) is 32.2 Å². The molecule has 4 nitrogen and oxygen atoms in total. The zero-order valence-electron chi connectivity index (χ0n) is 10.9. The molecule has 0 bridgehead atoms. The first-order chi connectivity index (χ1) is 8.24. The topological polar surface area (TPSA) is 41.6 Å². The average molecular weight is 240 g/mol. The molecule has 0 aliphatic carbocycles. The van der Waals surface area contributed by atoms with E-state index in [9.17, 15) is 4.79 Å². The lowest BCUT2D eigenvalue weighted by Crippen LogP contribution is -2.47. The average Bonchev–Trinajstić information content (AvgIpc) is 2.84. The van der Waals surface area contributed by atoms with E-state index in [0.29, 0.717) is 17.9 Å². The van der Waals surface area contributed by atoms with Gasteiger partial charge < -0.3 is 15.0 Å². The molecule has 3 unspecified atom stereocenters. The molecule has 2 fully saturated rings. The van der Waals surface area contributed by atoms with Crippen molar-refractivity contribution in [3.8, 4) is 0 Å². The number of amides is 1. The normalized spacial score (nSPS) is 33.6. The lowest BCUT2D eigenvalue weighted by Gasteiger charge is -2.35. The zero-order valence-corrected chi connectivity index (χ0v) is 10.9. The molecule has 3 atom stereocenters. The van der Waals surface area contributed by atoms with E-state index in [2.05, 4.69) is 24.1 Å². The maximum absolute atomic E-state index is 12.6. The number of hydrogen-bond acceptors (Lipinski definition) is 3. The van der Waals surface area contributed by atoms with E-state index in [4.69, 9.17) is 4.74 Å². The van der Waals surface area contributed by atoms with Crippen LogP contribution in [0.4, 0.5) is 0 Å². The van der Waals surface area contributed by atoms with Gasteiger partial charge in [0, 0.05) is 38.3 Å². The molecule has 0 aromatic heterocycles. The van der Waals surface area contributed by atoms with Gasteiger partial charge in [-0.3, -0.25) is 4.79 Å². The molecule has 0 aromatic carbocycles. The molecule has 4 heteroatoms. The molecule has 0 radical (unpaired) electrons. The van der Waals surface area contributed by atoms with Crippen molar-refractivity contribution < 1.29 is 9.53 Å². The molecular formula is C13H24N2O2. The Morgan fingerprint density at radius 2 is 2.29 bits per heavy atom. The van der Waals surface area contributed by atoms with Gasteiger partial charge in [0.1, 0.15) is 0 Å². The van der Waals surface area contributed by atoms with E-state index in [1.807, 2.05) is 0 Å². The van der Waals surface area contributed by atoms with Crippen LogP contribution >= 0.6 is 0 Å². The van der Waals surface area contributed by atoms with Crippen LogP contribution in [0.5, 0.6) is 0 Å². The van der Waals surface area contributed by atoms with Crippen LogP contribution in [-0.2, 0) is 9.53 Å². The Labute approximate surface area is 104 Å². The smallest absolute Gasteiger partial charge is 0.226 e. The van der Waals surface area contributed by atoms with Crippen LogP contribution in [0.15, 0.2) is 0 Å². The second kappa shape index (κ2) is 5.83. The Morgan fingerprint density at radius 1 is 1.47 bits per heavy atom. The maximum atomic E-state index is 12.6. The van der Waals surface area contributed by atoms with Crippen molar-refractivity contribution in [3.05, 3.63) is 0 Å². The summed E-state index contributed by atoms with van der Waals surface area (Å²) in [6.07, 6.45) is 1.98. The van der Waals surface area contributed by atoms with Crippen LogP contribution in [0.2, 0.25) is 0 Å². The molecule has 98 valence electrons. The molecule has 0 saturated carbocycles. The summed E-state index contributed by atoms with van der Waals surface area (Å²) >= 11 is 0. The molecule has 2 heterocycles. The summed E-state index contributed by atoms with van der Waals surface area (Å²) in [5.41, 5.74) is 0. The van der Waals surface area contributed by atoms with Gasteiger partial charge in [0.15, 0.2) is 0 Å². The third kappa shape index (κ3) is 2.80. The largest absolute Gasteiger partial charge is 0.381 e. The van der Waals surface area contributed by atoms with Gasteiger partial charge in [0.05, 0.1) is 0 Å². The van der Waals surface area contributed by atoms with Crippen molar-refractivity contribution in [2.45, 2.75) is 32.7 Å². The minimum absolute atomic E-state index is 0.171. The summed E-state index contributed by atoms with van der Waals surface area (Å²) in [6, 6.07) is 0.405. The third-order valence-corrected chi connectivity index (χ3v) is 4.06. The first-order valence-electron chi connectivity index (χ1n) is 6.83. The molecule has 1 N–H and O–H groups in total. The highest BCUT2D eigenvalue weighted by Crippen LogP contribution is 2.25. The number of nitrogens with zero attached hydrogens (tertiary/aromatic N) is 1. The number of ether oxygens (including phenoxy) is 1. The van der Waals surface area contributed by atoms with Crippen LogP contribution in [0.1, 0.15) is 26.7 Å². The van der Waals surface area contributed by atoms with E-state index in [0.717, 1.165) is 45.7 Å². The summed E-state index contributed by atoms with van der Waals surface area (Å²) in [7, 11) is 0. The highest BCUT2D eigenvalue weighted by molar-refractivity contribution is 5.79. The van der Waals surface area contributed by atoms with E-state index < -0.39 is 0 Å². The minimum Gasteiger partial charge on any atom is -0.381 e. The van der Waals surface area contributed by atoms with Crippen molar-refractivity contribution in [1.82, 2.24) is 10.2 Å². The van der Waals surface area contributed by atoms with Crippen molar-refractivity contribution in [2.75, 3.05) is 32.8 Å². The van der Waals surface area contributed by atoms with Gasteiger partial charge in [-0.15, -0.1) is 0 Å². The van der Waals surface area contributed by atoms with E-state index >= 15 is 0 Å². The number of likely N-dealkylation sites (N-methyl/N-ethyl adjacent to an activating group) is 1. The van der Waals surface area contributed by atoms with Crippen molar-refractivity contribution in [3.63, 3.8) is 0 Å². The molecule has 2 saturated heterocycles. The first-order valence-corrected chi connectivity index (χ1v) is 6.83. The van der Waals surface area contributed by atoms with Crippen LogP contribution in [-0.4, -0.2) is 49.7 Å². The Hall–Kier alpha value is -0.610. The second-order valence-electron chi connectivity index (χ2n) is 5.22. The molecule has 2 rings (SSSR count). The van der Waals surface area contributed by atoms with Crippen molar-refractivity contribution in [1.29, 1.82) is 0 Å². The van der Waals surface area contributed by atoms with Crippen LogP contribution in [0, 0.1) is 11.8 Å². The quantitative estimate of drug-likeness (QED) is 0.796. The van der Waals surface area contributed by atoms with Crippen LogP contribution in [0.25, 0.3) is 0 Å². The maximum Gasteiger partial charge on any atom is 0.226 e. The number of rotatable bonds is 3. The summed E-state index contributed by atoms with van der Waals surface area (Å²) < 4.78 is 5.42. The Morgan fingerprint density at radius 3 is 2.88 bits per heavy atom. The van der Waals surface area contributed by atoms with Gasteiger partial charge in [0.25, 0.3) is 0 Å². The van der Waals surface area contributed by atoms with Crippen LogP contribution < -0.4 is 5.32 Å². The standard InChI is InChI=1S/C13H24N2O2/c1-3-15(11-4-6-14-8-11)13(16)12-5-7-17-9-10(12)2/h10-12,14H,3-9H2,1-2H3. The fourth-order valence-electron chi connectivity index (χ4n) is 2.96. The third-order valence-electron chi connectivity index (χ3n) is 4.06. The molecule has 17 heavy (non-hydrogen) atoms. The van der Waals surface area contributed by atoms with Crippen molar-refractivity contribution >= 4 is 5.91 Å². The molecule has 0 spiro atoms. The minimum atomic E-state index is 0.171. The van der Waals surface area contributed by atoms with Gasteiger partial charge in [-0.1, -0.05) is 6.92 Å². The first kappa shape index (κ1) is 12.8. The molecule has 2 aliphatic rings. The van der Waals surface area contributed by atoms with Gasteiger partial charge in [-0.25, -0.2) is 0 Å². The predicted octanol–water partition coefficient (Wildman–Crippen LogP) is 0.869. The van der Waals surface area contributed by atoms with Gasteiger partial charge >= 0.3 is 0 Å². The molecule has 2 aliphatic heterocycles. The number of carbonyl (C=O) groups excluding carboxylic acids is 1. The highest BCUT2D eigenvalue weighted by atomic mass is 16.5. The molecular weight excluding hydrogens is 216 g/mol. The number of hydrogen-bond donors (Lipinski definition) is 1. The summed E-state index contributed by atoms with van der Waals surface area (Å²) in [5, 5.41) is 3.34. The van der Waals surface area contributed by atoms with Crippen molar-refractivity contribution in [2.24, 2.45) is 11.8 Å². The Balaban J connectivity index is 2.00. The highest BCUT2D eigenvalue weighted by Gasteiger charge is 2.34. The van der Waals surface area contributed by atoms with E-state index in [-0.39, 0.29) is 5.92 Å². The molecule has 1 amide bonds. The zero-order chi connectivity index (χ0) is 12.3. The summed E-state index contributed by atoms with van der Waals surface area (Å²) in [4.78, 5) is 14.6. The SMILES string of the molecule is CCN(C(=O)C1CCOCC1C)C1CCNC1. The lowest BCUT2D eigenvalue weighted by molar-refractivity contribution is -0.143. The molecule has 0 aromatic rings. The fraction of sp³-hybridized carbons (Fsp3) is 0.923. The van der Waals surface area contributed by atoms with Gasteiger partial charge in [0.2, 0.25) is 5.91 Å². The fourth-order valence-corrected chi connectivity index (χ4v) is 2.96. The summed E-state index contributed by atoms with van der Waals surface area (Å²) in [6.45, 7) is 8.50. The van der Waals surface area contributed by atoms with Crippen LogP contribution in [0.3, 0.4) is 0 Å². The second-order valence-corrected chi connectivity index (χ2v) is 5.22. The Kier molecular flexibility index (Phi) is 4.40. The number of nitrogens with one attached hydrogen (secondary N) is 1. The van der Waals surface area contributed by atoms with E-state index in [1.165, 1.54) is 0 Å². The van der Waals surface area contributed by atoms with Gasteiger partial charge in [-0.2, -0.15) is 0 Å². The lowest BCUT2D eigenvalue weighted by atomic mass is 9.88. The summed E-state index contributed by atoms with van der Waals surface area (Å²) in [5.74, 6) is 0.876. The monoisotopic (exact) mass is 240 g/mol. The predicted molar refractivity (Wildman–Crippen MR) is 66.8 cm³/mol. The van der Waals surface area contributed by atoms with E-state index in [1.54, 1.807) is 0 Å².